The molecule has 8 nitrogen and oxygen atoms in total. The van der Waals surface area contributed by atoms with Crippen LogP contribution in [0.2, 0.25) is 0 Å². The van der Waals surface area contributed by atoms with Crippen LogP contribution >= 0.6 is 7.82 Å². The van der Waals surface area contributed by atoms with Gasteiger partial charge in [-0.25, -0.2) is 4.57 Å². The maximum Gasteiger partial charge on any atom is 0.472 e. The number of phosphoric acid groups is 1. The van der Waals surface area contributed by atoms with Crippen molar-refractivity contribution in [2.45, 2.75) is 270 Å². The molecule has 342 valence electrons. The summed E-state index contributed by atoms with van der Waals surface area (Å²) in [4.78, 5) is 22.5. The molecule has 0 aromatic heterocycles. The van der Waals surface area contributed by atoms with Crippen molar-refractivity contribution in [2.75, 3.05) is 33.0 Å². The van der Waals surface area contributed by atoms with Gasteiger partial charge in [0.25, 0.3) is 0 Å². The van der Waals surface area contributed by atoms with Crippen molar-refractivity contribution < 1.29 is 32.8 Å². The molecule has 1 unspecified atom stereocenters. The van der Waals surface area contributed by atoms with Gasteiger partial charge in [0, 0.05) is 19.6 Å². The summed E-state index contributed by atoms with van der Waals surface area (Å²) in [5, 5.41) is 0. The predicted molar refractivity (Wildman–Crippen MR) is 243 cm³/mol. The molecular formula is C48H98NO7P. The van der Waals surface area contributed by atoms with E-state index in [9.17, 15) is 14.3 Å². The average Bonchev–Trinajstić information content (AvgIpc) is 3.20. The third-order valence-electron chi connectivity index (χ3n) is 11.3. The van der Waals surface area contributed by atoms with Crippen molar-refractivity contribution in [3.05, 3.63) is 0 Å². The molecule has 0 aliphatic rings. The van der Waals surface area contributed by atoms with Crippen LogP contribution in [0.3, 0.4) is 0 Å². The Kier molecular flexibility index (Phi) is 46.2. The molecule has 0 rings (SSSR count). The van der Waals surface area contributed by atoms with Crippen LogP contribution in [0, 0.1) is 0 Å². The number of phosphoric ester groups is 1. The second kappa shape index (κ2) is 46.6. The summed E-state index contributed by atoms with van der Waals surface area (Å²) in [5.41, 5.74) is 5.38. The number of hydrogen-bond donors (Lipinski definition) is 2. The SMILES string of the molecule is CCCCCCCCCCCCCCCCCCCCCCCCCCC(=O)O[C@H](COCCCCCCCCCCCCCCCC)COP(=O)(O)OCCN. The number of carbonyl (C=O) groups excluding carboxylic acids is 1. The quantitative estimate of drug-likeness (QED) is 0.0354. The van der Waals surface area contributed by atoms with E-state index in [0.29, 0.717) is 13.0 Å². The molecule has 2 atom stereocenters. The molecule has 0 radical (unpaired) electrons. The Bertz CT molecular complexity index is 848. The lowest BCUT2D eigenvalue weighted by Crippen LogP contribution is -2.28. The van der Waals surface area contributed by atoms with E-state index in [2.05, 4.69) is 13.8 Å². The third-order valence-corrected chi connectivity index (χ3v) is 12.3. The van der Waals surface area contributed by atoms with Gasteiger partial charge in [0.2, 0.25) is 0 Å². The summed E-state index contributed by atoms with van der Waals surface area (Å²) in [6, 6.07) is 0. The molecule has 9 heteroatoms. The predicted octanol–water partition coefficient (Wildman–Crippen LogP) is 15.3. The molecule has 57 heavy (non-hydrogen) atoms. The van der Waals surface area contributed by atoms with Crippen molar-refractivity contribution in [2.24, 2.45) is 5.73 Å². The van der Waals surface area contributed by atoms with Crippen LogP contribution in [0.4, 0.5) is 0 Å². The van der Waals surface area contributed by atoms with Gasteiger partial charge in [-0.2, -0.15) is 0 Å². The lowest BCUT2D eigenvalue weighted by atomic mass is 10.0. The standard InChI is InChI=1S/C48H98NO7P/c1-3-5-7-9-11-13-15-17-19-20-21-22-23-24-25-26-27-28-29-31-33-35-37-39-41-48(50)56-47(46-55-57(51,52)54-44-42-49)45-53-43-40-38-36-34-32-30-18-16-14-12-10-8-6-4-2/h47H,3-46,49H2,1-2H3,(H,51,52)/t47-/m1/s1. The van der Waals surface area contributed by atoms with E-state index in [1.165, 1.54) is 212 Å². The molecule has 0 bridgehead atoms. The van der Waals surface area contributed by atoms with Crippen LogP contribution in [0.5, 0.6) is 0 Å². The average molecular weight is 832 g/mol. The Morgan fingerprint density at radius 1 is 0.456 bits per heavy atom. The van der Waals surface area contributed by atoms with Gasteiger partial charge < -0.3 is 20.1 Å². The van der Waals surface area contributed by atoms with Gasteiger partial charge in [-0.15, -0.1) is 0 Å². The van der Waals surface area contributed by atoms with Crippen LogP contribution in [0.15, 0.2) is 0 Å². The van der Waals surface area contributed by atoms with Crippen LogP contribution in [0.1, 0.15) is 264 Å². The summed E-state index contributed by atoms with van der Waals surface area (Å²) >= 11 is 0. The minimum atomic E-state index is -4.27. The van der Waals surface area contributed by atoms with Gasteiger partial charge in [-0.1, -0.05) is 245 Å². The Morgan fingerprint density at radius 2 is 0.772 bits per heavy atom. The first-order valence-corrected chi connectivity index (χ1v) is 26.5. The van der Waals surface area contributed by atoms with Crippen LogP contribution < -0.4 is 5.73 Å². The number of unbranched alkanes of at least 4 members (excludes halogenated alkanes) is 36. The summed E-state index contributed by atoms with van der Waals surface area (Å²) in [7, 11) is -4.27. The molecule has 0 aromatic rings. The van der Waals surface area contributed by atoms with E-state index in [1.807, 2.05) is 0 Å². The van der Waals surface area contributed by atoms with Crippen molar-refractivity contribution in [3.63, 3.8) is 0 Å². The molecule has 0 saturated carbocycles. The third kappa shape index (κ3) is 46.4. The fourth-order valence-electron chi connectivity index (χ4n) is 7.59. The lowest BCUT2D eigenvalue weighted by molar-refractivity contribution is -0.154. The van der Waals surface area contributed by atoms with E-state index >= 15 is 0 Å². The Balaban J connectivity index is 3.84. The van der Waals surface area contributed by atoms with E-state index in [0.717, 1.165) is 32.1 Å². The number of nitrogens with two attached hydrogens (primary N) is 1. The van der Waals surface area contributed by atoms with Crippen molar-refractivity contribution in [1.82, 2.24) is 0 Å². The highest BCUT2D eigenvalue weighted by molar-refractivity contribution is 7.47. The van der Waals surface area contributed by atoms with Crippen LogP contribution in [-0.2, 0) is 27.9 Å². The van der Waals surface area contributed by atoms with Gasteiger partial charge in [-0.3, -0.25) is 13.8 Å². The molecule has 3 N–H and O–H groups in total. The molecule has 0 aliphatic heterocycles. The van der Waals surface area contributed by atoms with E-state index in [-0.39, 0.29) is 32.3 Å². The monoisotopic (exact) mass is 832 g/mol. The number of hydrogen-bond acceptors (Lipinski definition) is 7. The highest BCUT2D eigenvalue weighted by atomic mass is 31.2. The summed E-state index contributed by atoms with van der Waals surface area (Å²) in [6.45, 7) is 5.00. The highest BCUT2D eigenvalue weighted by Gasteiger charge is 2.25. The second-order valence-electron chi connectivity index (χ2n) is 17.1. The molecule has 0 amide bonds. The molecule has 0 fully saturated rings. The molecule has 0 aliphatic carbocycles. The van der Waals surface area contributed by atoms with Crippen LogP contribution in [-0.4, -0.2) is 49.9 Å². The van der Waals surface area contributed by atoms with Crippen molar-refractivity contribution >= 4 is 13.8 Å². The summed E-state index contributed by atoms with van der Waals surface area (Å²) in [5.74, 6) is -0.321. The van der Waals surface area contributed by atoms with Crippen LogP contribution in [0.25, 0.3) is 0 Å². The molecule has 0 saturated heterocycles. The summed E-state index contributed by atoms with van der Waals surface area (Å²) < 4.78 is 33.5. The zero-order valence-corrected chi connectivity index (χ0v) is 39.0. The van der Waals surface area contributed by atoms with Gasteiger partial charge in [0.1, 0.15) is 6.10 Å². The molecular weight excluding hydrogens is 734 g/mol. The zero-order chi connectivity index (χ0) is 41.6. The first kappa shape index (κ1) is 56.5. The first-order chi connectivity index (χ1) is 27.9. The fourth-order valence-corrected chi connectivity index (χ4v) is 8.35. The second-order valence-corrected chi connectivity index (χ2v) is 18.5. The Labute approximate surface area is 354 Å². The maximum absolute atomic E-state index is 12.6. The van der Waals surface area contributed by atoms with E-state index in [4.69, 9.17) is 24.3 Å². The minimum absolute atomic E-state index is 0.0899. The minimum Gasteiger partial charge on any atom is -0.457 e. The van der Waals surface area contributed by atoms with E-state index < -0.39 is 13.9 Å². The fraction of sp³-hybridized carbons (Fsp3) is 0.979. The Morgan fingerprint density at radius 3 is 1.11 bits per heavy atom. The highest BCUT2D eigenvalue weighted by Crippen LogP contribution is 2.43. The van der Waals surface area contributed by atoms with Gasteiger partial charge in [-0.05, 0) is 12.8 Å². The van der Waals surface area contributed by atoms with Gasteiger partial charge in [0.15, 0.2) is 0 Å². The number of esters is 1. The largest absolute Gasteiger partial charge is 0.472 e. The summed E-state index contributed by atoms with van der Waals surface area (Å²) in [6.07, 6.45) is 49.9. The lowest BCUT2D eigenvalue weighted by Gasteiger charge is -2.20. The number of carbonyl (C=O) groups is 1. The zero-order valence-electron chi connectivity index (χ0n) is 38.1. The van der Waals surface area contributed by atoms with Crippen molar-refractivity contribution in [3.8, 4) is 0 Å². The normalized spacial score (nSPS) is 13.3. The topological polar surface area (TPSA) is 117 Å². The van der Waals surface area contributed by atoms with Gasteiger partial charge >= 0.3 is 13.8 Å². The molecule has 0 heterocycles. The molecule has 0 aromatic carbocycles. The maximum atomic E-state index is 12.6. The molecule has 0 spiro atoms. The van der Waals surface area contributed by atoms with Gasteiger partial charge in [0.05, 0.1) is 19.8 Å². The Hall–Kier alpha value is -0.500. The number of ether oxygens (including phenoxy) is 2. The van der Waals surface area contributed by atoms with Crippen molar-refractivity contribution in [1.29, 1.82) is 0 Å². The first-order valence-electron chi connectivity index (χ1n) is 25.0. The number of rotatable bonds is 49. The smallest absolute Gasteiger partial charge is 0.457 e. The van der Waals surface area contributed by atoms with E-state index in [1.54, 1.807) is 0 Å².